The third kappa shape index (κ3) is 1.47. The first-order chi connectivity index (χ1) is 8.57. The van der Waals surface area contributed by atoms with Gasteiger partial charge in [-0.3, -0.25) is 4.98 Å². The molecule has 0 saturated carbocycles. The average molecular weight is 268 g/mol. The third-order valence-corrected chi connectivity index (χ3v) is 5.58. The molecule has 1 aliphatic rings. The Balaban J connectivity index is 2.68. The summed E-state index contributed by atoms with van der Waals surface area (Å²) in [6, 6.07) is 0. The van der Waals surface area contributed by atoms with Gasteiger partial charge in [0.25, 0.3) is 0 Å². The molecule has 0 amide bonds. The molecule has 2 heterocycles. The Hall–Kier alpha value is -2.02. The van der Waals surface area contributed by atoms with Gasteiger partial charge in [-0.25, -0.2) is 9.59 Å². The third-order valence-electron chi connectivity index (χ3n) is 2.63. The predicted molar refractivity (Wildman–Crippen MR) is 68.4 cm³/mol. The number of nitrogens with zero attached hydrogens (tertiary/aromatic N) is 1. The van der Waals surface area contributed by atoms with Gasteiger partial charge in [0.2, 0.25) is 0 Å². The summed E-state index contributed by atoms with van der Waals surface area (Å²) < 4.78 is 9.47. The van der Waals surface area contributed by atoms with Crippen LogP contribution >= 0.6 is 10.0 Å². The first-order valence-electron chi connectivity index (χ1n) is 4.99. The normalized spacial score (nSPS) is 16.8. The van der Waals surface area contributed by atoms with E-state index in [-0.39, 0.29) is 0 Å². The van der Waals surface area contributed by atoms with Crippen molar-refractivity contribution in [3.63, 3.8) is 0 Å². The summed E-state index contributed by atoms with van der Waals surface area (Å²) in [5.74, 6) is 0. The van der Waals surface area contributed by atoms with Crippen LogP contribution in [-0.4, -0.2) is 29.8 Å². The highest BCUT2D eigenvalue weighted by molar-refractivity contribution is 8.57. The van der Waals surface area contributed by atoms with E-state index in [1.807, 2.05) is 0 Å². The molecule has 1 aliphatic heterocycles. The summed E-state index contributed by atoms with van der Waals surface area (Å²) in [6.45, 7) is 0. The van der Waals surface area contributed by atoms with Crippen LogP contribution in [0.1, 0.15) is 5.56 Å². The molecule has 2 N–H and O–H groups in total. The van der Waals surface area contributed by atoms with E-state index < -0.39 is 20.6 Å². The SMILES string of the molecule is COC(=O)S1(C(=O)OC)C=Cc2c(N)cncc21. The number of carbonyl (C=O) groups is 2. The molecular formula is C11H12N2O4S. The molecule has 0 bridgehead atoms. The van der Waals surface area contributed by atoms with Gasteiger partial charge in [-0.1, -0.05) is 0 Å². The van der Waals surface area contributed by atoms with Gasteiger partial charge in [-0.2, -0.15) is 0 Å². The first kappa shape index (κ1) is 12.4. The van der Waals surface area contributed by atoms with E-state index in [4.69, 9.17) is 15.2 Å². The van der Waals surface area contributed by atoms with Crippen molar-refractivity contribution in [2.45, 2.75) is 4.90 Å². The van der Waals surface area contributed by atoms with Crippen LogP contribution in [0.25, 0.3) is 6.08 Å². The molecule has 1 aromatic rings. The number of hydrogen-bond donors (Lipinski definition) is 1. The van der Waals surface area contributed by atoms with Crippen molar-refractivity contribution >= 4 is 32.4 Å². The summed E-state index contributed by atoms with van der Waals surface area (Å²) in [5.41, 5.74) is 6.80. The van der Waals surface area contributed by atoms with Crippen molar-refractivity contribution in [3.05, 3.63) is 23.4 Å². The lowest BCUT2D eigenvalue weighted by atomic mass is 10.2. The largest absolute Gasteiger partial charge is 0.461 e. The van der Waals surface area contributed by atoms with Crippen LogP contribution in [0.4, 0.5) is 15.3 Å². The molecule has 0 unspecified atom stereocenters. The molecule has 6 nitrogen and oxygen atoms in total. The van der Waals surface area contributed by atoms with E-state index in [1.54, 1.807) is 6.08 Å². The number of methoxy groups -OCH3 is 2. The Morgan fingerprint density at radius 3 is 2.39 bits per heavy atom. The molecule has 0 aliphatic carbocycles. The van der Waals surface area contributed by atoms with Crippen LogP contribution in [-0.2, 0) is 9.47 Å². The fraction of sp³-hybridized carbons (Fsp3) is 0.182. The quantitative estimate of drug-likeness (QED) is 0.726. The van der Waals surface area contributed by atoms with Gasteiger partial charge in [0.15, 0.2) is 0 Å². The Labute approximate surface area is 105 Å². The summed E-state index contributed by atoms with van der Waals surface area (Å²) in [5, 5.41) is 0.224. The molecule has 7 heteroatoms. The smallest absolute Gasteiger partial charge is 0.367 e. The second kappa shape index (κ2) is 4.34. The molecule has 96 valence electrons. The van der Waals surface area contributed by atoms with E-state index >= 15 is 0 Å². The van der Waals surface area contributed by atoms with Crippen LogP contribution in [0.5, 0.6) is 0 Å². The lowest BCUT2D eigenvalue weighted by Crippen LogP contribution is -2.19. The molecule has 0 atom stereocenters. The number of fused-ring (bicyclic) bond motifs is 1. The molecule has 0 saturated heterocycles. The molecule has 1 aromatic heterocycles. The lowest BCUT2D eigenvalue weighted by Gasteiger charge is -2.27. The van der Waals surface area contributed by atoms with E-state index in [1.165, 1.54) is 32.0 Å². The molecule has 18 heavy (non-hydrogen) atoms. The van der Waals surface area contributed by atoms with Gasteiger partial charge in [0.1, 0.15) is 0 Å². The zero-order chi connectivity index (χ0) is 13.3. The van der Waals surface area contributed by atoms with Crippen LogP contribution in [0.3, 0.4) is 0 Å². The Morgan fingerprint density at radius 1 is 1.22 bits per heavy atom. The van der Waals surface area contributed by atoms with E-state index in [2.05, 4.69) is 4.98 Å². The number of rotatable bonds is 0. The molecule has 0 radical (unpaired) electrons. The summed E-state index contributed by atoms with van der Waals surface area (Å²) in [4.78, 5) is 28.4. The summed E-state index contributed by atoms with van der Waals surface area (Å²) in [7, 11) is -0.190. The highest BCUT2D eigenvalue weighted by Crippen LogP contribution is 2.65. The summed E-state index contributed by atoms with van der Waals surface area (Å²) in [6.07, 6.45) is 4.55. The fourth-order valence-electron chi connectivity index (χ4n) is 1.77. The number of aromatic nitrogens is 1. The lowest BCUT2D eigenvalue weighted by molar-refractivity contribution is 0.193. The maximum absolute atomic E-state index is 12.0. The maximum Gasteiger partial charge on any atom is 0.367 e. The molecular weight excluding hydrogens is 256 g/mol. The van der Waals surface area contributed by atoms with Crippen molar-refractivity contribution in [2.75, 3.05) is 20.0 Å². The number of hydrogen-bond acceptors (Lipinski definition) is 6. The van der Waals surface area contributed by atoms with Crippen molar-refractivity contribution in [1.29, 1.82) is 0 Å². The minimum atomic E-state index is -2.65. The van der Waals surface area contributed by atoms with Crippen LogP contribution in [0, 0.1) is 0 Å². The maximum atomic E-state index is 12.0. The molecule has 0 fully saturated rings. The number of ether oxygens (including phenoxy) is 2. The van der Waals surface area contributed by atoms with Gasteiger partial charge in [0.05, 0.1) is 26.1 Å². The van der Waals surface area contributed by atoms with Crippen molar-refractivity contribution in [3.8, 4) is 0 Å². The first-order valence-corrected chi connectivity index (χ1v) is 6.68. The monoisotopic (exact) mass is 268 g/mol. The number of nitrogens with two attached hydrogens (primary N) is 1. The van der Waals surface area contributed by atoms with E-state index in [0.717, 1.165) is 0 Å². The van der Waals surface area contributed by atoms with E-state index in [9.17, 15) is 9.59 Å². The number of carbonyl (C=O) groups excluding carboxylic acids is 2. The number of anilines is 1. The van der Waals surface area contributed by atoms with Gasteiger partial charge in [-0.05, 0) is 11.5 Å². The highest BCUT2D eigenvalue weighted by Gasteiger charge is 2.46. The topological polar surface area (TPSA) is 91.5 Å². The average Bonchev–Trinajstić information content (AvgIpc) is 2.79. The van der Waals surface area contributed by atoms with E-state index in [0.29, 0.717) is 16.1 Å². The van der Waals surface area contributed by atoms with Crippen LogP contribution in [0.2, 0.25) is 0 Å². The standard InChI is InChI=1S/C11H12N2O4S/c1-16-10(14)18(11(15)17-2)4-3-7-8(12)5-13-6-9(7)18/h3-6H,12H2,1-2H3. The van der Waals surface area contributed by atoms with Gasteiger partial charge in [-0.15, -0.1) is 0 Å². The van der Waals surface area contributed by atoms with Crippen molar-refractivity contribution < 1.29 is 19.1 Å². The number of nitrogen functional groups attached to an aromatic ring is 1. The van der Waals surface area contributed by atoms with Gasteiger partial charge < -0.3 is 15.2 Å². The Bertz CT molecular complexity index is 540. The van der Waals surface area contributed by atoms with Crippen molar-refractivity contribution in [2.24, 2.45) is 0 Å². The zero-order valence-electron chi connectivity index (χ0n) is 9.88. The predicted octanol–water partition coefficient (Wildman–Crippen LogP) is 2.34. The summed E-state index contributed by atoms with van der Waals surface area (Å²) >= 11 is 0. The van der Waals surface area contributed by atoms with Crippen LogP contribution < -0.4 is 5.73 Å². The van der Waals surface area contributed by atoms with Crippen molar-refractivity contribution in [1.82, 2.24) is 4.98 Å². The second-order valence-electron chi connectivity index (χ2n) is 3.51. The minimum absolute atomic E-state index is 0.408. The minimum Gasteiger partial charge on any atom is -0.461 e. The van der Waals surface area contributed by atoms with Crippen LogP contribution in [0.15, 0.2) is 22.7 Å². The van der Waals surface area contributed by atoms with Gasteiger partial charge >= 0.3 is 10.6 Å². The second-order valence-corrected chi connectivity index (χ2v) is 6.21. The molecule has 0 aromatic carbocycles. The zero-order valence-corrected chi connectivity index (χ0v) is 10.7. The fourth-order valence-corrected chi connectivity index (χ4v) is 4.26. The Kier molecular flexibility index (Phi) is 3.00. The number of pyridine rings is 1. The molecule has 0 spiro atoms. The van der Waals surface area contributed by atoms with Gasteiger partial charge in [0, 0.05) is 26.7 Å². The highest BCUT2D eigenvalue weighted by atomic mass is 32.3. The molecule has 2 rings (SSSR count). The Morgan fingerprint density at radius 2 is 1.83 bits per heavy atom.